The highest BCUT2D eigenvalue weighted by atomic mass is 35.5. The van der Waals surface area contributed by atoms with Crippen molar-refractivity contribution in [3.05, 3.63) is 46.5 Å². The Hall–Kier alpha value is -1.65. The summed E-state index contributed by atoms with van der Waals surface area (Å²) in [5, 5.41) is 5.06. The zero-order valence-electron chi connectivity index (χ0n) is 12.0. The summed E-state index contributed by atoms with van der Waals surface area (Å²) in [6, 6.07) is 5.12. The molecule has 0 saturated carbocycles. The van der Waals surface area contributed by atoms with E-state index in [9.17, 15) is 4.79 Å². The Kier molecular flexibility index (Phi) is 4.49. The van der Waals surface area contributed by atoms with Gasteiger partial charge in [-0.2, -0.15) is 5.10 Å². The Morgan fingerprint density at radius 2 is 2.00 bits per heavy atom. The second kappa shape index (κ2) is 6.00. The molecule has 1 aromatic heterocycles. The quantitative estimate of drug-likeness (QED) is 0.795. The highest BCUT2D eigenvalue weighted by Gasteiger charge is 2.26. The van der Waals surface area contributed by atoms with Crippen LogP contribution in [-0.4, -0.2) is 20.5 Å². The molecule has 2 aromatic rings. The van der Waals surface area contributed by atoms with Crippen molar-refractivity contribution in [2.75, 3.05) is 0 Å². The lowest BCUT2D eigenvalue weighted by Crippen LogP contribution is -2.24. The molecule has 0 saturated heterocycles. The molecular weight excluding hydrogens is 309 g/mol. The van der Waals surface area contributed by atoms with Crippen LogP contribution < -0.4 is 0 Å². The first-order chi connectivity index (χ1) is 9.79. The molecule has 110 valence electrons. The average Bonchev–Trinajstić information content (AvgIpc) is 2.90. The first kappa shape index (κ1) is 15.7. The molecule has 6 heteroatoms. The lowest BCUT2D eigenvalue weighted by atomic mass is 9.88. The van der Waals surface area contributed by atoms with Crippen LogP contribution in [0.3, 0.4) is 0 Å². The first-order valence-corrected chi connectivity index (χ1v) is 7.11. The largest absolute Gasteiger partial charge is 0.292 e. The molecule has 4 nitrogen and oxygen atoms in total. The van der Waals surface area contributed by atoms with Gasteiger partial charge in [0.1, 0.15) is 18.4 Å². The van der Waals surface area contributed by atoms with Crippen LogP contribution in [0.2, 0.25) is 10.0 Å². The Morgan fingerprint density at radius 1 is 1.29 bits per heavy atom. The Morgan fingerprint density at radius 3 is 2.52 bits per heavy atom. The van der Waals surface area contributed by atoms with Gasteiger partial charge < -0.3 is 0 Å². The number of nitrogens with zero attached hydrogens (tertiary/aromatic N) is 3. The van der Waals surface area contributed by atoms with Gasteiger partial charge in [0.05, 0.1) is 0 Å². The summed E-state index contributed by atoms with van der Waals surface area (Å²) >= 11 is 12.1. The molecule has 0 spiro atoms. The van der Waals surface area contributed by atoms with Crippen molar-refractivity contribution in [3.8, 4) is 0 Å². The third kappa shape index (κ3) is 3.71. The number of carbonyl (C=O) groups excluding carboxylic acids is 1. The van der Waals surface area contributed by atoms with Crippen LogP contribution in [0, 0.1) is 5.41 Å². The molecule has 0 radical (unpaired) electrons. The van der Waals surface area contributed by atoms with E-state index >= 15 is 0 Å². The Bertz CT molecular complexity index is 685. The van der Waals surface area contributed by atoms with E-state index in [0.29, 0.717) is 21.3 Å². The van der Waals surface area contributed by atoms with Crippen molar-refractivity contribution in [2.24, 2.45) is 5.41 Å². The lowest BCUT2D eigenvalue weighted by molar-refractivity contribution is -0.120. The number of carbonyl (C=O) groups is 1. The van der Waals surface area contributed by atoms with E-state index in [-0.39, 0.29) is 5.78 Å². The molecule has 0 bridgehead atoms. The number of allylic oxidation sites excluding steroid dienone is 1. The van der Waals surface area contributed by atoms with Crippen molar-refractivity contribution < 1.29 is 4.79 Å². The summed E-state index contributed by atoms with van der Waals surface area (Å²) in [5.41, 5.74) is 0.560. The van der Waals surface area contributed by atoms with E-state index in [1.807, 2.05) is 20.8 Å². The fourth-order valence-corrected chi connectivity index (χ4v) is 2.18. The minimum atomic E-state index is -0.545. The molecule has 0 aliphatic carbocycles. The molecule has 21 heavy (non-hydrogen) atoms. The summed E-state index contributed by atoms with van der Waals surface area (Å²) in [7, 11) is 0. The number of benzene rings is 1. The van der Waals surface area contributed by atoms with E-state index in [2.05, 4.69) is 10.1 Å². The first-order valence-electron chi connectivity index (χ1n) is 6.35. The Balaban J connectivity index is 2.55. The van der Waals surface area contributed by atoms with Gasteiger partial charge >= 0.3 is 0 Å². The van der Waals surface area contributed by atoms with E-state index in [4.69, 9.17) is 23.2 Å². The SMILES string of the molecule is CC(C)(C)C(=O)/C(=C/c1ccc(Cl)cc1Cl)n1cncn1. The van der Waals surface area contributed by atoms with Crippen LogP contribution in [0.15, 0.2) is 30.9 Å². The van der Waals surface area contributed by atoms with Crippen molar-refractivity contribution in [3.63, 3.8) is 0 Å². The van der Waals surface area contributed by atoms with Gasteiger partial charge in [0, 0.05) is 15.5 Å². The van der Waals surface area contributed by atoms with Crippen LogP contribution in [0.1, 0.15) is 26.3 Å². The molecule has 2 rings (SSSR count). The monoisotopic (exact) mass is 323 g/mol. The van der Waals surface area contributed by atoms with E-state index < -0.39 is 5.41 Å². The molecule has 0 aliphatic rings. The van der Waals surface area contributed by atoms with Crippen LogP contribution >= 0.6 is 23.2 Å². The molecule has 0 N–H and O–H groups in total. The highest BCUT2D eigenvalue weighted by molar-refractivity contribution is 6.36. The predicted molar refractivity (Wildman–Crippen MR) is 85.1 cm³/mol. The normalized spacial score (nSPS) is 12.5. The summed E-state index contributed by atoms with van der Waals surface area (Å²) < 4.78 is 1.44. The number of aromatic nitrogens is 3. The summed E-state index contributed by atoms with van der Waals surface area (Å²) in [6.45, 7) is 5.55. The summed E-state index contributed by atoms with van der Waals surface area (Å²) in [5.74, 6) is -0.0565. The number of hydrogen-bond donors (Lipinski definition) is 0. The topological polar surface area (TPSA) is 47.8 Å². The van der Waals surface area contributed by atoms with Gasteiger partial charge in [0.2, 0.25) is 0 Å². The molecule has 1 heterocycles. The predicted octanol–water partition coefficient (Wildman–Crippen LogP) is 4.20. The van der Waals surface area contributed by atoms with Crippen molar-refractivity contribution in [1.29, 1.82) is 0 Å². The zero-order valence-corrected chi connectivity index (χ0v) is 13.5. The number of Topliss-reactive ketones (excluding diaryl/α,β-unsaturated/α-hetero) is 1. The van der Waals surface area contributed by atoms with Crippen LogP contribution in [-0.2, 0) is 4.79 Å². The number of rotatable bonds is 3. The lowest BCUT2D eigenvalue weighted by Gasteiger charge is -2.18. The highest BCUT2D eigenvalue weighted by Crippen LogP contribution is 2.27. The Labute approximate surface area is 133 Å². The van der Waals surface area contributed by atoms with E-state index in [0.717, 1.165) is 0 Å². The maximum atomic E-state index is 12.6. The second-order valence-corrected chi connectivity index (χ2v) is 6.46. The van der Waals surface area contributed by atoms with Crippen molar-refractivity contribution in [1.82, 2.24) is 14.8 Å². The maximum absolute atomic E-state index is 12.6. The molecule has 0 fully saturated rings. The van der Waals surface area contributed by atoms with E-state index in [1.165, 1.54) is 17.3 Å². The zero-order chi connectivity index (χ0) is 15.6. The van der Waals surface area contributed by atoms with Gasteiger partial charge in [-0.05, 0) is 23.8 Å². The van der Waals surface area contributed by atoms with Gasteiger partial charge in [0.25, 0.3) is 0 Å². The third-order valence-electron chi connectivity index (χ3n) is 2.83. The molecule has 1 aromatic carbocycles. The number of hydrogen-bond acceptors (Lipinski definition) is 3. The molecule has 0 atom stereocenters. The van der Waals surface area contributed by atoms with Crippen LogP contribution in [0.5, 0.6) is 0 Å². The van der Waals surface area contributed by atoms with Crippen molar-refractivity contribution >= 4 is 40.8 Å². The maximum Gasteiger partial charge on any atom is 0.186 e. The summed E-state index contributed by atoms with van der Waals surface area (Å²) in [6.07, 6.45) is 4.56. The molecule has 0 unspecified atom stereocenters. The average molecular weight is 324 g/mol. The standard InChI is InChI=1S/C15H15Cl2N3O/c1-15(2,3)14(21)13(20-9-18-8-19-20)6-10-4-5-11(16)7-12(10)17/h4-9H,1-3H3/b13-6-. The third-order valence-corrected chi connectivity index (χ3v) is 3.40. The molecule has 0 aliphatic heterocycles. The summed E-state index contributed by atoms with van der Waals surface area (Å²) in [4.78, 5) is 16.5. The second-order valence-electron chi connectivity index (χ2n) is 5.61. The fraction of sp³-hybridized carbons (Fsp3) is 0.267. The van der Waals surface area contributed by atoms with Gasteiger partial charge in [-0.15, -0.1) is 0 Å². The van der Waals surface area contributed by atoms with Crippen LogP contribution in [0.25, 0.3) is 11.8 Å². The minimum absolute atomic E-state index is 0.0565. The molecule has 0 amide bonds. The molecular formula is C15H15Cl2N3O. The minimum Gasteiger partial charge on any atom is -0.292 e. The fourth-order valence-electron chi connectivity index (χ4n) is 1.72. The van der Waals surface area contributed by atoms with Gasteiger partial charge in [0.15, 0.2) is 5.78 Å². The van der Waals surface area contributed by atoms with Gasteiger partial charge in [-0.25, -0.2) is 9.67 Å². The van der Waals surface area contributed by atoms with Gasteiger partial charge in [-0.1, -0.05) is 50.0 Å². The smallest absolute Gasteiger partial charge is 0.186 e. The van der Waals surface area contributed by atoms with Gasteiger partial charge in [-0.3, -0.25) is 4.79 Å². The van der Waals surface area contributed by atoms with E-state index in [1.54, 1.807) is 24.3 Å². The van der Waals surface area contributed by atoms with Crippen molar-refractivity contribution in [2.45, 2.75) is 20.8 Å². The number of ketones is 1. The van der Waals surface area contributed by atoms with Crippen LogP contribution in [0.4, 0.5) is 0 Å². The number of halogens is 2.